The molecule has 0 saturated heterocycles. The van der Waals surface area contributed by atoms with Gasteiger partial charge in [-0.15, -0.1) is 0 Å². The number of hydrogen-bond donors (Lipinski definition) is 0. The highest BCUT2D eigenvalue weighted by Gasteiger charge is 2.03. The highest BCUT2D eigenvalue weighted by atomic mass is 19.1. The van der Waals surface area contributed by atoms with Crippen molar-refractivity contribution in [3.8, 4) is 6.07 Å². The first-order valence-corrected chi connectivity index (χ1v) is 5.97. The zero-order valence-electron chi connectivity index (χ0n) is 10.8. The van der Waals surface area contributed by atoms with Crippen LogP contribution in [0.15, 0.2) is 18.2 Å². The molecule has 0 N–H and O–H groups in total. The smallest absolute Gasteiger partial charge is 0.130 e. The largest absolute Gasteiger partial charge is 0.379 e. The first kappa shape index (κ1) is 14.6. The minimum absolute atomic E-state index is 0.197. The summed E-state index contributed by atoms with van der Waals surface area (Å²) in [5.74, 6) is 0.0955. The van der Waals surface area contributed by atoms with E-state index in [1.54, 1.807) is 12.1 Å². The van der Waals surface area contributed by atoms with Crippen molar-refractivity contribution in [3.63, 3.8) is 0 Å². The second-order valence-electron chi connectivity index (χ2n) is 4.44. The molecule has 0 spiro atoms. The number of ether oxygens (including phenoxy) is 2. The summed E-state index contributed by atoms with van der Waals surface area (Å²) in [6.07, 6.45) is 0. The minimum Gasteiger partial charge on any atom is -0.379 e. The van der Waals surface area contributed by atoms with Gasteiger partial charge in [0.05, 0.1) is 31.5 Å². The maximum absolute atomic E-state index is 13.5. The molecule has 3 nitrogen and oxygen atoms in total. The molecule has 0 heterocycles. The highest BCUT2D eigenvalue weighted by molar-refractivity contribution is 5.32. The summed E-state index contributed by atoms with van der Waals surface area (Å²) in [4.78, 5) is 0. The van der Waals surface area contributed by atoms with Crippen molar-refractivity contribution in [1.82, 2.24) is 0 Å². The van der Waals surface area contributed by atoms with E-state index in [-0.39, 0.29) is 6.61 Å². The lowest BCUT2D eigenvalue weighted by atomic mass is 10.1. The van der Waals surface area contributed by atoms with Crippen molar-refractivity contribution in [3.05, 3.63) is 35.1 Å². The maximum atomic E-state index is 13.5. The van der Waals surface area contributed by atoms with Crippen LogP contribution in [0.25, 0.3) is 0 Å². The van der Waals surface area contributed by atoms with Crippen molar-refractivity contribution in [2.45, 2.75) is 20.5 Å². The standard InChI is InChI=1S/C14H18FNO2/c1-11(2)9-17-5-6-18-10-13-4-3-12(8-16)7-14(13)15/h3-4,7,11H,5-6,9-10H2,1-2H3. The lowest BCUT2D eigenvalue weighted by molar-refractivity contribution is 0.0307. The number of nitriles is 1. The van der Waals surface area contributed by atoms with Gasteiger partial charge in [-0.05, 0) is 18.1 Å². The summed E-state index contributed by atoms with van der Waals surface area (Å²) < 4.78 is 24.1. The Morgan fingerprint density at radius 1 is 1.28 bits per heavy atom. The van der Waals surface area contributed by atoms with Crippen LogP contribution < -0.4 is 0 Å². The fourth-order valence-corrected chi connectivity index (χ4v) is 1.35. The van der Waals surface area contributed by atoms with Crippen LogP contribution in [0, 0.1) is 23.1 Å². The molecule has 1 aromatic carbocycles. The number of halogens is 1. The highest BCUT2D eigenvalue weighted by Crippen LogP contribution is 2.10. The molecule has 0 saturated carbocycles. The van der Waals surface area contributed by atoms with Crippen molar-refractivity contribution < 1.29 is 13.9 Å². The molecule has 0 radical (unpaired) electrons. The van der Waals surface area contributed by atoms with E-state index in [1.165, 1.54) is 6.07 Å². The van der Waals surface area contributed by atoms with Crippen LogP contribution in [-0.4, -0.2) is 19.8 Å². The van der Waals surface area contributed by atoms with E-state index < -0.39 is 5.82 Å². The Bertz CT molecular complexity index is 413. The lowest BCUT2D eigenvalue weighted by Gasteiger charge is -2.08. The third-order valence-electron chi connectivity index (χ3n) is 2.26. The van der Waals surface area contributed by atoms with Gasteiger partial charge in [0.15, 0.2) is 0 Å². The first-order chi connectivity index (χ1) is 8.63. The summed E-state index contributed by atoms with van der Waals surface area (Å²) in [7, 11) is 0. The molecule has 0 bridgehead atoms. The van der Waals surface area contributed by atoms with Crippen molar-refractivity contribution >= 4 is 0 Å². The molecule has 18 heavy (non-hydrogen) atoms. The molecular formula is C14H18FNO2. The fraction of sp³-hybridized carbons (Fsp3) is 0.500. The van der Waals surface area contributed by atoms with Crippen LogP contribution in [-0.2, 0) is 16.1 Å². The zero-order chi connectivity index (χ0) is 13.4. The van der Waals surface area contributed by atoms with Crippen molar-refractivity contribution in [2.24, 2.45) is 5.92 Å². The van der Waals surface area contributed by atoms with Crippen LogP contribution in [0.1, 0.15) is 25.0 Å². The van der Waals surface area contributed by atoms with Gasteiger partial charge >= 0.3 is 0 Å². The monoisotopic (exact) mass is 251 g/mol. The zero-order valence-corrected chi connectivity index (χ0v) is 10.8. The Hall–Kier alpha value is -1.44. The van der Waals surface area contributed by atoms with E-state index in [2.05, 4.69) is 13.8 Å². The van der Waals surface area contributed by atoms with E-state index in [1.807, 2.05) is 6.07 Å². The van der Waals surface area contributed by atoms with Gasteiger partial charge in [-0.25, -0.2) is 4.39 Å². The Labute approximate surface area is 107 Å². The fourth-order valence-electron chi connectivity index (χ4n) is 1.35. The van der Waals surface area contributed by atoms with E-state index in [0.29, 0.717) is 36.9 Å². The quantitative estimate of drug-likeness (QED) is 0.700. The van der Waals surface area contributed by atoms with Gasteiger partial charge in [-0.2, -0.15) is 5.26 Å². The molecule has 0 fully saturated rings. The van der Waals surface area contributed by atoms with Crippen LogP contribution in [0.4, 0.5) is 4.39 Å². The third kappa shape index (κ3) is 5.26. The summed E-state index contributed by atoms with van der Waals surface area (Å²) >= 11 is 0. The number of nitrogens with zero attached hydrogens (tertiary/aromatic N) is 1. The van der Waals surface area contributed by atoms with Gasteiger partial charge in [-0.3, -0.25) is 0 Å². The van der Waals surface area contributed by atoms with Gasteiger partial charge in [0, 0.05) is 12.2 Å². The molecule has 1 rings (SSSR count). The third-order valence-corrected chi connectivity index (χ3v) is 2.26. The Balaban J connectivity index is 2.25. The molecule has 0 unspecified atom stereocenters. The number of rotatable bonds is 7. The Morgan fingerprint density at radius 3 is 2.61 bits per heavy atom. The number of hydrogen-bond acceptors (Lipinski definition) is 3. The molecule has 0 amide bonds. The average molecular weight is 251 g/mol. The van der Waals surface area contributed by atoms with E-state index in [4.69, 9.17) is 14.7 Å². The predicted molar refractivity (Wildman–Crippen MR) is 66.4 cm³/mol. The lowest BCUT2D eigenvalue weighted by Crippen LogP contribution is -2.08. The molecular weight excluding hydrogens is 233 g/mol. The van der Waals surface area contributed by atoms with Gasteiger partial charge in [0.2, 0.25) is 0 Å². The van der Waals surface area contributed by atoms with Crippen LogP contribution in [0.5, 0.6) is 0 Å². The molecule has 0 aromatic heterocycles. The second kappa shape index (κ2) is 7.80. The maximum Gasteiger partial charge on any atom is 0.130 e. The number of benzene rings is 1. The summed E-state index contributed by atoms with van der Waals surface area (Å²) in [6.45, 7) is 6.00. The summed E-state index contributed by atoms with van der Waals surface area (Å²) in [5, 5.41) is 8.61. The molecule has 0 aliphatic carbocycles. The molecule has 1 aromatic rings. The molecule has 4 heteroatoms. The molecule has 0 atom stereocenters. The van der Waals surface area contributed by atoms with Crippen LogP contribution >= 0.6 is 0 Å². The van der Waals surface area contributed by atoms with Crippen molar-refractivity contribution in [1.29, 1.82) is 5.26 Å². The van der Waals surface area contributed by atoms with Gasteiger partial charge in [-0.1, -0.05) is 19.9 Å². The average Bonchev–Trinajstić information content (AvgIpc) is 2.34. The van der Waals surface area contributed by atoms with Gasteiger partial charge in [0.1, 0.15) is 5.82 Å². The second-order valence-corrected chi connectivity index (χ2v) is 4.44. The van der Waals surface area contributed by atoms with Crippen molar-refractivity contribution in [2.75, 3.05) is 19.8 Å². The topological polar surface area (TPSA) is 42.2 Å². The molecule has 0 aliphatic rings. The molecule has 0 aliphatic heterocycles. The Kier molecular flexibility index (Phi) is 6.34. The van der Waals surface area contributed by atoms with E-state index >= 15 is 0 Å². The minimum atomic E-state index is -0.405. The van der Waals surface area contributed by atoms with Gasteiger partial charge < -0.3 is 9.47 Å². The van der Waals surface area contributed by atoms with Crippen LogP contribution in [0.3, 0.4) is 0 Å². The Morgan fingerprint density at radius 2 is 2.00 bits per heavy atom. The predicted octanol–water partition coefficient (Wildman–Crippen LogP) is 2.89. The van der Waals surface area contributed by atoms with E-state index in [0.717, 1.165) is 0 Å². The molecule has 98 valence electrons. The normalized spacial score (nSPS) is 10.6. The first-order valence-electron chi connectivity index (χ1n) is 5.97. The summed E-state index contributed by atoms with van der Waals surface area (Å²) in [6, 6.07) is 6.26. The SMILES string of the molecule is CC(C)COCCOCc1ccc(C#N)cc1F. The van der Waals surface area contributed by atoms with Crippen LogP contribution in [0.2, 0.25) is 0 Å². The van der Waals surface area contributed by atoms with E-state index in [9.17, 15) is 4.39 Å². The summed E-state index contributed by atoms with van der Waals surface area (Å²) in [5.41, 5.74) is 0.773. The van der Waals surface area contributed by atoms with Gasteiger partial charge in [0.25, 0.3) is 0 Å².